The van der Waals surface area contributed by atoms with E-state index in [1.165, 1.54) is 17.4 Å². The molecule has 78 valence electrons. The lowest BCUT2D eigenvalue weighted by Crippen LogP contribution is -2.34. The largest absolute Gasteiger partial charge is 0.322 e. The molecule has 1 unspecified atom stereocenters. The van der Waals surface area contributed by atoms with Crippen LogP contribution in [0.3, 0.4) is 0 Å². The molecule has 1 atom stereocenters. The van der Waals surface area contributed by atoms with Gasteiger partial charge in [-0.25, -0.2) is 4.21 Å². The van der Waals surface area contributed by atoms with Crippen molar-refractivity contribution < 1.29 is 9.00 Å². The zero-order valence-electron chi connectivity index (χ0n) is 7.16. The molecule has 0 aliphatic carbocycles. The summed E-state index contributed by atoms with van der Waals surface area (Å²) in [5.74, 6) is 2.93. The van der Waals surface area contributed by atoms with Crippen LogP contribution in [0.15, 0.2) is 15.7 Å². The van der Waals surface area contributed by atoms with Crippen molar-refractivity contribution in [2.24, 2.45) is 5.73 Å². The molecule has 1 aromatic rings. The fourth-order valence-electron chi connectivity index (χ4n) is 0.744. The third-order valence-corrected chi connectivity index (χ3v) is 4.82. The molecule has 7 heteroatoms. The molecule has 0 saturated carbocycles. The third-order valence-electron chi connectivity index (χ3n) is 1.33. The van der Waals surface area contributed by atoms with Crippen molar-refractivity contribution >= 4 is 44.4 Å². The molecule has 1 rings (SSSR count). The van der Waals surface area contributed by atoms with Crippen molar-refractivity contribution in [2.75, 3.05) is 6.54 Å². The highest BCUT2D eigenvalue weighted by molar-refractivity contribution is 8.00. The first kappa shape index (κ1) is 11.5. The van der Waals surface area contributed by atoms with Crippen molar-refractivity contribution in [3.05, 3.63) is 16.5 Å². The van der Waals surface area contributed by atoms with Gasteiger partial charge in [-0.3, -0.25) is 9.52 Å². The van der Waals surface area contributed by atoms with E-state index in [1.54, 1.807) is 5.38 Å². The number of amides is 1. The topological polar surface area (TPSA) is 72.2 Å². The first-order valence-corrected chi connectivity index (χ1v) is 6.56. The summed E-state index contributed by atoms with van der Waals surface area (Å²) < 4.78 is 14.5. The van der Waals surface area contributed by atoms with Gasteiger partial charge in [-0.15, -0.1) is 11.3 Å². The van der Waals surface area contributed by atoms with Gasteiger partial charge in [-0.05, 0) is 11.9 Å². The Morgan fingerprint density at radius 1 is 1.79 bits per heavy atom. The first-order chi connectivity index (χ1) is 6.45. The van der Waals surface area contributed by atoms with Crippen LogP contribution in [0.2, 0.25) is 5.02 Å². The van der Waals surface area contributed by atoms with E-state index >= 15 is 0 Å². The number of halogens is 1. The highest BCUT2D eigenvalue weighted by Gasteiger charge is 2.12. The lowest BCUT2D eigenvalue weighted by Gasteiger charge is -2.07. The van der Waals surface area contributed by atoms with Gasteiger partial charge in [0, 0.05) is 5.38 Å². The third kappa shape index (κ3) is 2.71. The van der Waals surface area contributed by atoms with Crippen LogP contribution in [0.25, 0.3) is 0 Å². The van der Waals surface area contributed by atoms with Crippen molar-refractivity contribution in [3.63, 3.8) is 0 Å². The summed E-state index contributed by atoms with van der Waals surface area (Å²) in [5, 5.41) is 2.10. The number of hydrogen-bond acceptors (Lipinski definition) is 4. The number of nitrogens with one attached hydrogen (secondary N) is 1. The summed E-state index contributed by atoms with van der Waals surface area (Å²) in [6, 6.07) is 1.51. The van der Waals surface area contributed by atoms with Crippen molar-refractivity contribution in [3.8, 4) is 0 Å². The van der Waals surface area contributed by atoms with E-state index in [2.05, 4.69) is 10.6 Å². The average molecular weight is 253 g/mol. The fraction of sp³-hybridized carbons (Fsp3) is 0.143. The van der Waals surface area contributed by atoms with Gasteiger partial charge >= 0.3 is 0 Å². The van der Waals surface area contributed by atoms with Crippen molar-refractivity contribution in [2.45, 2.75) is 4.21 Å². The van der Waals surface area contributed by atoms with Gasteiger partial charge in [0.25, 0.3) is 0 Å². The molecule has 0 saturated heterocycles. The summed E-state index contributed by atoms with van der Waals surface area (Å²) in [6.45, 7) is -0.217. The highest BCUT2D eigenvalue weighted by atomic mass is 35.5. The molecule has 0 aliphatic rings. The Hall–Kier alpha value is -0.560. The molecule has 0 fully saturated rings. The fourth-order valence-corrected chi connectivity index (χ4v) is 3.37. The van der Waals surface area contributed by atoms with Crippen LogP contribution in [0.4, 0.5) is 0 Å². The standard InChI is InChI=1S/C7H9ClN2O2S2/c1-14(12,10-6(11)3-9)7-2-5(8)4-13-7/h2,4H,1,3,9H2,(H,10,11,12). The molecule has 1 amide bonds. The van der Waals surface area contributed by atoms with Gasteiger partial charge < -0.3 is 5.73 Å². The number of hydrogen-bond donors (Lipinski definition) is 2. The lowest BCUT2D eigenvalue weighted by molar-refractivity contribution is -0.117. The van der Waals surface area contributed by atoms with Crippen LogP contribution >= 0.6 is 22.9 Å². The Kier molecular flexibility index (Phi) is 3.54. The van der Waals surface area contributed by atoms with E-state index in [1.807, 2.05) is 0 Å². The predicted octanol–water partition coefficient (Wildman–Crippen LogP) is 0.467. The van der Waals surface area contributed by atoms with Crippen LogP contribution in [-0.4, -0.2) is 22.5 Å². The molecular formula is C7H9ClN2O2S2. The number of thiophene rings is 1. The van der Waals surface area contributed by atoms with Crippen LogP contribution in [-0.2, 0) is 14.5 Å². The van der Waals surface area contributed by atoms with Crippen LogP contribution in [0.5, 0.6) is 0 Å². The molecule has 0 spiro atoms. The maximum atomic E-state index is 11.8. The zero-order chi connectivity index (χ0) is 10.8. The summed E-state index contributed by atoms with van der Waals surface area (Å²) >= 11 is 6.84. The Balaban J connectivity index is 2.92. The molecule has 0 aromatic carbocycles. The Bertz CT molecular complexity index is 438. The molecule has 0 aliphatic heterocycles. The predicted molar refractivity (Wildman–Crippen MR) is 60.1 cm³/mol. The minimum atomic E-state index is -2.80. The van der Waals surface area contributed by atoms with E-state index in [9.17, 15) is 9.00 Å². The number of carbonyl (C=O) groups is 1. The van der Waals surface area contributed by atoms with Gasteiger partial charge in [-0.2, -0.15) is 0 Å². The van der Waals surface area contributed by atoms with Gasteiger partial charge in [0.2, 0.25) is 5.91 Å². The lowest BCUT2D eigenvalue weighted by atomic mass is 10.7. The number of carbonyl (C=O) groups excluding carboxylic acids is 1. The molecule has 1 heterocycles. The Labute approximate surface area is 91.2 Å². The minimum Gasteiger partial charge on any atom is -0.322 e. The summed E-state index contributed by atoms with van der Waals surface area (Å²) in [6.07, 6.45) is 0. The second-order valence-electron chi connectivity index (χ2n) is 2.49. The van der Waals surface area contributed by atoms with E-state index < -0.39 is 15.6 Å². The zero-order valence-corrected chi connectivity index (χ0v) is 9.55. The highest BCUT2D eigenvalue weighted by Crippen LogP contribution is 2.23. The van der Waals surface area contributed by atoms with Crippen LogP contribution in [0.1, 0.15) is 0 Å². The average Bonchev–Trinajstić information content (AvgIpc) is 2.51. The van der Waals surface area contributed by atoms with Gasteiger partial charge in [0.15, 0.2) is 0 Å². The van der Waals surface area contributed by atoms with Crippen molar-refractivity contribution in [1.29, 1.82) is 0 Å². The quantitative estimate of drug-likeness (QED) is 0.768. The van der Waals surface area contributed by atoms with Gasteiger partial charge in [0.1, 0.15) is 4.21 Å². The van der Waals surface area contributed by atoms with E-state index in [0.29, 0.717) is 9.23 Å². The minimum absolute atomic E-state index is 0.217. The van der Waals surface area contributed by atoms with Crippen LogP contribution < -0.4 is 10.5 Å². The molecular weight excluding hydrogens is 244 g/mol. The second kappa shape index (κ2) is 4.31. The molecule has 0 radical (unpaired) electrons. The number of rotatable bonds is 3. The van der Waals surface area contributed by atoms with Gasteiger partial charge in [-0.1, -0.05) is 11.6 Å². The monoisotopic (exact) mass is 252 g/mol. The SMILES string of the molecule is C=S(=O)(NC(=O)CN)c1cc(Cl)cs1. The molecule has 1 aromatic heterocycles. The maximum absolute atomic E-state index is 11.8. The Morgan fingerprint density at radius 3 is 2.86 bits per heavy atom. The molecule has 3 N–H and O–H groups in total. The maximum Gasteiger partial charge on any atom is 0.245 e. The van der Waals surface area contributed by atoms with Crippen molar-refractivity contribution in [1.82, 2.24) is 4.72 Å². The molecule has 4 nitrogen and oxygen atoms in total. The molecule has 14 heavy (non-hydrogen) atoms. The smallest absolute Gasteiger partial charge is 0.245 e. The summed E-state index contributed by atoms with van der Waals surface area (Å²) in [7, 11) is -2.80. The van der Waals surface area contributed by atoms with Gasteiger partial charge in [0.05, 0.1) is 21.3 Å². The summed E-state index contributed by atoms with van der Waals surface area (Å²) in [5.41, 5.74) is 5.07. The first-order valence-electron chi connectivity index (χ1n) is 3.57. The molecule has 0 bridgehead atoms. The van der Waals surface area contributed by atoms with E-state index in [-0.39, 0.29) is 6.54 Å². The van der Waals surface area contributed by atoms with E-state index in [0.717, 1.165) is 0 Å². The normalized spacial score (nSPS) is 14.7. The van der Waals surface area contributed by atoms with E-state index in [4.69, 9.17) is 17.3 Å². The Morgan fingerprint density at radius 2 is 2.43 bits per heavy atom. The van der Waals surface area contributed by atoms with Crippen LogP contribution in [0, 0.1) is 0 Å². The number of nitrogens with two attached hydrogens (primary N) is 1. The summed E-state index contributed by atoms with van der Waals surface area (Å²) in [4.78, 5) is 10.9. The second-order valence-corrected chi connectivity index (χ2v) is 6.09.